The summed E-state index contributed by atoms with van der Waals surface area (Å²) in [6.07, 6.45) is 0.827. The van der Waals surface area contributed by atoms with E-state index < -0.39 is 0 Å². The van der Waals surface area contributed by atoms with Crippen LogP contribution < -0.4 is 5.32 Å². The van der Waals surface area contributed by atoms with Crippen LogP contribution in [-0.2, 0) is 16.0 Å². The van der Waals surface area contributed by atoms with E-state index >= 15 is 0 Å². The molecule has 0 spiro atoms. The Morgan fingerprint density at radius 3 is 2.95 bits per heavy atom. The molecule has 3 unspecified atom stereocenters. The van der Waals surface area contributed by atoms with E-state index in [0.29, 0.717) is 19.8 Å². The number of benzene rings is 1. The lowest BCUT2D eigenvalue weighted by Crippen LogP contribution is -2.53. The van der Waals surface area contributed by atoms with Gasteiger partial charge in [-0.2, -0.15) is 0 Å². The molecule has 108 valence electrons. The summed E-state index contributed by atoms with van der Waals surface area (Å²) in [7, 11) is 0. The first-order chi connectivity index (χ1) is 9.66. The first-order valence-corrected chi connectivity index (χ1v) is 7.39. The fourth-order valence-corrected chi connectivity index (χ4v) is 3.17. The van der Waals surface area contributed by atoms with Crippen molar-refractivity contribution in [2.24, 2.45) is 5.92 Å². The predicted molar refractivity (Wildman–Crippen MR) is 78.7 cm³/mol. The van der Waals surface area contributed by atoms with E-state index in [0.717, 1.165) is 6.42 Å². The smallest absolute Gasteiger partial charge is 0.228 e. The summed E-state index contributed by atoms with van der Waals surface area (Å²) in [6, 6.07) is 8.62. The second-order valence-electron chi connectivity index (χ2n) is 5.86. The van der Waals surface area contributed by atoms with E-state index in [1.165, 1.54) is 11.3 Å². The summed E-state index contributed by atoms with van der Waals surface area (Å²) in [5, 5.41) is 3.47. The number of rotatable bonds is 1. The van der Waals surface area contributed by atoms with Crippen LogP contribution in [0.5, 0.6) is 0 Å². The average molecular weight is 274 g/mol. The number of carbonyl (C=O) groups is 1. The maximum absolute atomic E-state index is 12.8. The topological polar surface area (TPSA) is 41.6 Å². The van der Waals surface area contributed by atoms with Crippen molar-refractivity contribution in [2.45, 2.75) is 32.4 Å². The zero-order valence-electron chi connectivity index (χ0n) is 12.1. The summed E-state index contributed by atoms with van der Waals surface area (Å²) >= 11 is 0. The van der Waals surface area contributed by atoms with Crippen molar-refractivity contribution in [2.75, 3.05) is 25.1 Å². The van der Waals surface area contributed by atoms with Gasteiger partial charge >= 0.3 is 0 Å². The van der Waals surface area contributed by atoms with Crippen LogP contribution in [0.25, 0.3) is 0 Å². The van der Waals surface area contributed by atoms with Gasteiger partial charge in [0.15, 0.2) is 0 Å². The van der Waals surface area contributed by atoms with Gasteiger partial charge in [0.2, 0.25) is 5.91 Å². The minimum Gasteiger partial charge on any atom is -0.382 e. The molecule has 2 aliphatic heterocycles. The molecule has 4 heteroatoms. The van der Waals surface area contributed by atoms with Gasteiger partial charge in [-0.15, -0.1) is 0 Å². The van der Waals surface area contributed by atoms with E-state index in [2.05, 4.69) is 31.3 Å². The molecule has 1 N–H and O–H groups in total. The molecule has 2 aliphatic rings. The van der Waals surface area contributed by atoms with Crippen molar-refractivity contribution in [1.29, 1.82) is 0 Å². The highest BCUT2D eigenvalue weighted by atomic mass is 16.5. The molecule has 20 heavy (non-hydrogen) atoms. The summed E-state index contributed by atoms with van der Waals surface area (Å²) < 4.78 is 5.42. The van der Waals surface area contributed by atoms with Gasteiger partial charge in [-0.3, -0.25) is 4.79 Å². The van der Waals surface area contributed by atoms with Gasteiger partial charge in [-0.25, -0.2) is 0 Å². The van der Waals surface area contributed by atoms with Gasteiger partial charge in [-0.1, -0.05) is 18.2 Å². The number of para-hydroxylation sites is 1. The summed E-state index contributed by atoms with van der Waals surface area (Å²) in [5.74, 6) is 0.278. The van der Waals surface area contributed by atoms with Crippen molar-refractivity contribution in [1.82, 2.24) is 4.90 Å². The minimum atomic E-state index is 0.0189. The fraction of sp³-hybridized carbons (Fsp3) is 0.562. The Hall–Kier alpha value is -1.55. The molecule has 1 aromatic rings. The SMILES string of the molecule is CC1Nc2ccccc2CC1C(=O)N1CCOCC1C. The first kappa shape index (κ1) is 13.4. The van der Waals surface area contributed by atoms with Crippen molar-refractivity contribution in [3.05, 3.63) is 29.8 Å². The molecule has 1 fully saturated rings. The molecule has 0 radical (unpaired) electrons. The van der Waals surface area contributed by atoms with Crippen LogP contribution in [0.1, 0.15) is 19.4 Å². The highest BCUT2D eigenvalue weighted by Gasteiger charge is 2.35. The zero-order chi connectivity index (χ0) is 14.1. The lowest BCUT2D eigenvalue weighted by molar-refractivity contribution is -0.144. The molecule has 3 atom stereocenters. The molecule has 3 rings (SSSR count). The van der Waals surface area contributed by atoms with Crippen molar-refractivity contribution >= 4 is 11.6 Å². The molecule has 2 heterocycles. The number of nitrogens with zero attached hydrogens (tertiary/aromatic N) is 1. The number of hydrogen-bond acceptors (Lipinski definition) is 3. The second kappa shape index (κ2) is 5.44. The van der Waals surface area contributed by atoms with Crippen molar-refractivity contribution in [3.63, 3.8) is 0 Å². The third-order valence-electron chi connectivity index (χ3n) is 4.41. The monoisotopic (exact) mass is 274 g/mol. The number of carbonyl (C=O) groups excluding carboxylic acids is 1. The molecular formula is C16H22N2O2. The third kappa shape index (κ3) is 2.40. The highest BCUT2D eigenvalue weighted by molar-refractivity contribution is 5.82. The van der Waals surface area contributed by atoms with Crippen LogP contribution in [0, 0.1) is 5.92 Å². The number of amides is 1. The average Bonchev–Trinajstić information content (AvgIpc) is 2.46. The fourth-order valence-electron chi connectivity index (χ4n) is 3.17. The number of anilines is 1. The molecule has 0 aromatic heterocycles. The molecule has 1 amide bonds. The Labute approximate surface area is 120 Å². The van der Waals surface area contributed by atoms with Gasteiger partial charge < -0.3 is 15.0 Å². The normalized spacial score (nSPS) is 29.5. The van der Waals surface area contributed by atoms with E-state index in [-0.39, 0.29) is 23.9 Å². The second-order valence-corrected chi connectivity index (χ2v) is 5.86. The van der Waals surface area contributed by atoms with Crippen LogP contribution in [0.3, 0.4) is 0 Å². The van der Waals surface area contributed by atoms with Crippen LogP contribution in [0.4, 0.5) is 5.69 Å². The maximum atomic E-state index is 12.8. The Bertz CT molecular complexity index is 503. The Morgan fingerprint density at radius 2 is 2.15 bits per heavy atom. The molecule has 0 saturated carbocycles. The van der Waals surface area contributed by atoms with E-state index in [4.69, 9.17) is 4.74 Å². The van der Waals surface area contributed by atoms with E-state index in [1.807, 2.05) is 17.0 Å². The molecule has 4 nitrogen and oxygen atoms in total. The van der Waals surface area contributed by atoms with Crippen molar-refractivity contribution < 1.29 is 9.53 Å². The van der Waals surface area contributed by atoms with Gasteiger partial charge in [0.25, 0.3) is 0 Å². The standard InChI is InChI=1S/C16H22N2O2/c1-11-10-20-8-7-18(11)16(19)14-9-13-5-3-4-6-15(13)17-12(14)2/h3-6,11-12,14,17H,7-10H2,1-2H3. The van der Waals surface area contributed by atoms with Crippen LogP contribution in [0.2, 0.25) is 0 Å². The quantitative estimate of drug-likeness (QED) is 0.850. The number of nitrogens with one attached hydrogen (secondary N) is 1. The number of morpholine rings is 1. The van der Waals surface area contributed by atoms with Crippen LogP contribution >= 0.6 is 0 Å². The highest BCUT2D eigenvalue weighted by Crippen LogP contribution is 2.30. The van der Waals surface area contributed by atoms with Gasteiger partial charge in [0, 0.05) is 18.3 Å². The largest absolute Gasteiger partial charge is 0.382 e. The van der Waals surface area contributed by atoms with Gasteiger partial charge in [0.1, 0.15) is 0 Å². The molecular weight excluding hydrogens is 252 g/mol. The van der Waals surface area contributed by atoms with Crippen LogP contribution in [-0.4, -0.2) is 42.6 Å². The maximum Gasteiger partial charge on any atom is 0.228 e. The molecule has 1 aromatic carbocycles. The van der Waals surface area contributed by atoms with E-state index in [1.54, 1.807) is 0 Å². The zero-order valence-corrected chi connectivity index (χ0v) is 12.1. The predicted octanol–water partition coefficient (Wildman–Crippen LogP) is 1.91. The Kier molecular flexibility index (Phi) is 3.66. The number of ether oxygens (including phenoxy) is 1. The first-order valence-electron chi connectivity index (χ1n) is 7.39. The number of hydrogen-bond donors (Lipinski definition) is 1. The summed E-state index contributed by atoms with van der Waals surface area (Å²) in [5.41, 5.74) is 2.41. The molecule has 0 aliphatic carbocycles. The molecule has 1 saturated heterocycles. The Morgan fingerprint density at radius 1 is 1.35 bits per heavy atom. The summed E-state index contributed by atoms with van der Waals surface area (Å²) in [6.45, 7) is 6.18. The van der Waals surface area contributed by atoms with Crippen LogP contribution in [0.15, 0.2) is 24.3 Å². The van der Waals surface area contributed by atoms with E-state index in [9.17, 15) is 4.79 Å². The van der Waals surface area contributed by atoms with Gasteiger partial charge in [-0.05, 0) is 31.9 Å². The lowest BCUT2D eigenvalue weighted by Gasteiger charge is -2.39. The summed E-state index contributed by atoms with van der Waals surface area (Å²) in [4.78, 5) is 14.8. The number of fused-ring (bicyclic) bond motifs is 1. The minimum absolute atomic E-state index is 0.0189. The Balaban J connectivity index is 1.78. The molecule has 0 bridgehead atoms. The third-order valence-corrected chi connectivity index (χ3v) is 4.41. The van der Waals surface area contributed by atoms with Gasteiger partial charge in [0.05, 0.1) is 25.2 Å². The van der Waals surface area contributed by atoms with Crippen molar-refractivity contribution in [3.8, 4) is 0 Å². The lowest BCUT2D eigenvalue weighted by atomic mass is 9.86.